The third kappa shape index (κ3) is 5.12. The van der Waals surface area contributed by atoms with E-state index in [2.05, 4.69) is 0 Å². The van der Waals surface area contributed by atoms with Gasteiger partial charge >= 0.3 is 0 Å². The molecule has 2 heterocycles. The number of hydrogen-bond donors (Lipinski definition) is 0. The summed E-state index contributed by atoms with van der Waals surface area (Å²) in [6.07, 6.45) is 2.45. The molecule has 1 fully saturated rings. The van der Waals surface area contributed by atoms with Gasteiger partial charge in [-0.2, -0.15) is 4.31 Å². The number of carbonyl (C=O) groups excluding carboxylic acids is 2. The molecule has 2 aliphatic heterocycles. The number of benzene rings is 2. The third-order valence-corrected chi connectivity index (χ3v) is 8.58. The molecule has 0 spiro atoms. The Morgan fingerprint density at radius 2 is 1.73 bits per heavy atom. The van der Waals surface area contributed by atoms with Gasteiger partial charge in [-0.15, -0.1) is 0 Å². The molecule has 33 heavy (non-hydrogen) atoms. The van der Waals surface area contributed by atoms with Crippen LogP contribution >= 0.6 is 0 Å². The number of carbonyl (C=O) groups is 2. The number of rotatable bonds is 6. The molecule has 7 nitrogen and oxygen atoms in total. The van der Waals surface area contributed by atoms with Gasteiger partial charge in [0.2, 0.25) is 21.8 Å². The van der Waals surface area contributed by atoms with Crippen molar-refractivity contribution in [2.24, 2.45) is 5.92 Å². The summed E-state index contributed by atoms with van der Waals surface area (Å²) < 4.78 is 28.0. The van der Waals surface area contributed by atoms with E-state index in [4.69, 9.17) is 0 Å². The van der Waals surface area contributed by atoms with Crippen LogP contribution in [-0.2, 0) is 32.6 Å². The molecule has 0 aliphatic carbocycles. The van der Waals surface area contributed by atoms with E-state index in [0.29, 0.717) is 51.9 Å². The normalized spacial score (nSPS) is 17.1. The Labute approximate surface area is 196 Å². The number of anilines is 1. The average Bonchev–Trinajstić information content (AvgIpc) is 3.24. The van der Waals surface area contributed by atoms with Gasteiger partial charge in [-0.25, -0.2) is 8.42 Å². The Morgan fingerprint density at radius 3 is 2.39 bits per heavy atom. The Bertz CT molecular complexity index is 1130. The SMILES string of the molecule is CC(=O)N1CCc2cc(S(=O)(=O)N3CCC(CC(=O)N(C)Cc4ccccc4)CC3)ccc21. The van der Waals surface area contributed by atoms with Crippen molar-refractivity contribution in [2.75, 3.05) is 31.6 Å². The number of sulfonamides is 1. The summed E-state index contributed by atoms with van der Waals surface area (Å²) in [5.41, 5.74) is 2.79. The molecule has 0 unspecified atom stereocenters. The smallest absolute Gasteiger partial charge is 0.243 e. The van der Waals surface area contributed by atoms with E-state index in [-0.39, 0.29) is 22.6 Å². The van der Waals surface area contributed by atoms with E-state index in [1.54, 1.807) is 28.0 Å². The first-order valence-corrected chi connectivity index (χ1v) is 12.9. The van der Waals surface area contributed by atoms with Gasteiger partial charge in [0, 0.05) is 52.3 Å². The second kappa shape index (κ2) is 9.65. The standard InChI is InChI=1S/C25H31N3O4S/c1-19(29)28-15-12-22-17-23(8-9-24(22)28)33(31,32)27-13-10-20(11-14-27)16-25(30)26(2)18-21-6-4-3-5-7-21/h3-9,17,20H,10-16,18H2,1-2H3. The molecule has 2 aromatic rings. The fourth-order valence-corrected chi connectivity index (χ4v) is 6.24. The average molecular weight is 470 g/mol. The summed E-state index contributed by atoms with van der Waals surface area (Å²) in [6, 6.07) is 14.9. The lowest BCUT2D eigenvalue weighted by atomic mass is 9.94. The van der Waals surface area contributed by atoms with Gasteiger partial charge in [0.05, 0.1) is 4.90 Å². The molecule has 8 heteroatoms. The number of hydrogen-bond acceptors (Lipinski definition) is 4. The molecule has 0 radical (unpaired) electrons. The lowest BCUT2D eigenvalue weighted by Gasteiger charge is -2.32. The zero-order valence-electron chi connectivity index (χ0n) is 19.2. The largest absolute Gasteiger partial charge is 0.341 e. The van der Waals surface area contributed by atoms with Crippen LogP contribution in [0.25, 0.3) is 0 Å². The van der Waals surface area contributed by atoms with Crippen molar-refractivity contribution in [3.8, 4) is 0 Å². The number of nitrogens with zero attached hydrogens (tertiary/aromatic N) is 3. The van der Waals surface area contributed by atoms with Gasteiger partial charge in [0.1, 0.15) is 0 Å². The molecule has 2 aliphatic rings. The summed E-state index contributed by atoms with van der Waals surface area (Å²) in [4.78, 5) is 28.1. The van der Waals surface area contributed by atoms with E-state index >= 15 is 0 Å². The molecule has 0 N–H and O–H groups in total. The number of fused-ring (bicyclic) bond motifs is 1. The minimum Gasteiger partial charge on any atom is -0.341 e. The molecule has 0 saturated carbocycles. The zero-order valence-corrected chi connectivity index (χ0v) is 20.1. The number of amides is 2. The molecule has 176 valence electrons. The second-order valence-corrected chi connectivity index (χ2v) is 10.9. The van der Waals surface area contributed by atoms with Gasteiger partial charge < -0.3 is 9.80 Å². The Morgan fingerprint density at radius 1 is 1.03 bits per heavy atom. The fraction of sp³-hybridized carbons (Fsp3) is 0.440. The predicted octanol–water partition coefficient (Wildman–Crippen LogP) is 3.05. The van der Waals surface area contributed by atoms with Crippen LogP contribution < -0.4 is 4.90 Å². The van der Waals surface area contributed by atoms with Crippen LogP contribution in [0.1, 0.15) is 37.3 Å². The molecule has 0 aromatic heterocycles. The maximum absolute atomic E-state index is 13.2. The van der Waals surface area contributed by atoms with Gasteiger partial charge in [-0.3, -0.25) is 9.59 Å². The quantitative estimate of drug-likeness (QED) is 0.652. The maximum Gasteiger partial charge on any atom is 0.243 e. The number of piperidine rings is 1. The van der Waals surface area contributed by atoms with Gasteiger partial charge in [0.25, 0.3) is 0 Å². The van der Waals surface area contributed by atoms with Crippen LogP contribution in [0.3, 0.4) is 0 Å². The molecule has 2 amide bonds. The Balaban J connectivity index is 1.34. The molecule has 1 saturated heterocycles. The summed E-state index contributed by atoms with van der Waals surface area (Å²) >= 11 is 0. The summed E-state index contributed by atoms with van der Waals surface area (Å²) in [6.45, 7) is 3.52. The lowest BCUT2D eigenvalue weighted by molar-refractivity contribution is -0.131. The Hall–Kier alpha value is -2.71. The zero-order chi connectivity index (χ0) is 23.6. The van der Waals surface area contributed by atoms with Crippen LogP contribution in [0.2, 0.25) is 0 Å². The first kappa shape index (κ1) is 23.4. The molecule has 0 atom stereocenters. The molecule has 0 bridgehead atoms. The highest BCUT2D eigenvalue weighted by Gasteiger charge is 2.32. The van der Waals surface area contributed by atoms with E-state index in [1.165, 1.54) is 11.2 Å². The molecule has 4 rings (SSSR count). The maximum atomic E-state index is 13.2. The predicted molar refractivity (Wildman–Crippen MR) is 127 cm³/mol. The Kier molecular flexibility index (Phi) is 6.86. The highest BCUT2D eigenvalue weighted by molar-refractivity contribution is 7.89. The highest BCUT2D eigenvalue weighted by atomic mass is 32.2. The second-order valence-electron chi connectivity index (χ2n) is 9.00. The van der Waals surface area contributed by atoms with Crippen molar-refractivity contribution in [3.05, 3.63) is 59.7 Å². The summed E-state index contributed by atoms with van der Waals surface area (Å²) in [5, 5.41) is 0. The van der Waals surface area contributed by atoms with E-state index < -0.39 is 10.0 Å². The van der Waals surface area contributed by atoms with E-state index in [9.17, 15) is 18.0 Å². The van der Waals surface area contributed by atoms with Gasteiger partial charge in [-0.1, -0.05) is 30.3 Å². The minimum atomic E-state index is -3.60. The highest BCUT2D eigenvalue weighted by Crippen LogP contribution is 2.32. The third-order valence-electron chi connectivity index (χ3n) is 6.69. The van der Waals surface area contributed by atoms with Crippen molar-refractivity contribution >= 4 is 27.5 Å². The monoisotopic (exact) mass is 469 g/mol. The first-order valence-electron chi connectivity index (χ1n) is 11.4. The van der Waals surface area contributed by atoms with Crippen molar-refractivity contribution in [2.45, 2.75) is 44.0 Å². The fourth-order valence-electron chi connectivity index (χ4n) is 4.72. The van der Waals surface area contributed by atoms with Gasteiger partial charge in [-0.05, 0) is 54.5 Å². The topological polar surface area (TPSA) is 78.0 Å². The van der Waals surface area contributed by atoms with Crippen LogP contribution in [-0.4, -0.2) is 56.1 Å². The molecule has 2 aromatic carbocycles. The van der Waals surface area contributed by atoms with Crippen LogP contribution in [0.4, 0.5) is 5.69 Å². The van der Waals surface area contributed by atoms with E-state index in [0.717, 1.165) is 16.8 Å². The van der Waals surface area contributed by atoms with Crippen molar-refractivity contribution in [3.63, 3.8) is 0 Å². The molecular weight excluding hydrogens is 438 g/mol. The first-order chi connectivity index (χ1) is 15.8. The van der Waals surface area contributed by atoms with Crippen LogP contribution in [0.5, 0.6) is 0 Å². The lowest BCUT2D eigenvalue weighted by Crippen LogP contribution is -2.39. The van der Waals surface area contributed by atoms with Crippen LogP contribution in [0, 0.1) is 5.92 Å². The summed E-state index contributed by atoms with van der Waals surface area (Å²) in [5.74, 6) is 0.246. The van der Waals surface area contributed by atoms with Crippen molar-refractivity contribution < 1.29 is 18.0 Å². The molecular formula is C25H31N3O4S. The minimum absolute atomic E-state index is 0.0320. The van der Waals surface area contributed by atoms with E-state index in [1.807, 2.05) is 37.4 Å². The van der Waals surface area contributed by atoms with Gasteiger partial charge in [0.15, 0.2) is 0 Å². The summed E-state index contributed by atoms with van der Waals surface area (Å²) in [7, 11) is -1.78. The van der Waals surface area contributed by atoms with Crippen molar-refractivity contribution in [1.29, 1.82) is 0 Å². The van der Waals surface area contributed by atoms with Crippen molar-refractivity contribution in [1.82, 2.24) is 9.21 Å². The van der Waals surface area contributed by atoms with Crippen LogP contribution in [0.15, 0.2) is 53.4 Å².